The number of carbonyl (C=O) groups excluding carboxylic acids is 1. The van der Waals surface area contributed by atoms with Crippen LogP contribution in [0.2, 0.25) is 0 Å². The van der Waals surface area contributed by atoms with Crippen LogP contribution in [0, 0.1) is 0 Å². The lowest BCUT2D eigenvalue weighted by atomic mass is 10.0. The van der Waals surface area contributed by atoms with E-state index in [2.05, 4.69) is 29.3 Å². The van der Waals surface area contributed by atoms with E-state index in [0.29, 0.717) is 18.0 Å². The fourth-order valence-corrected chi connectivity index (χ4v) is 2.79. The van der Waals surface area contributed by atoms with E-state index in [1.54, 1.807) is 6.08 Å². The number of nitrogens with two attached hydrogens (primary N) is 1. The van der Waals surface area contributed by atoms with Crippen LogP contribution in [0.4, 0.5) is 5.69 Å². The molecule has 4 nitrogen and oxygen atoms in total. The maximum absolute atomic E-state index is 11.5. The molecule has 2 aliphatic rings. The van der Waals surface area contributed by atoms with E-state index >= 15 is 0 Å². The summed E-state index contributed by atoms with van der Waals surface area (Å²) in [6.45, 7) is 0.695. The molecule has 102 valence electrons. The zero-order chi connectivity index (χ0) is 14.4. The second kappa shape index (κ2) is 4.31. The monoisotopic (exact) mass is 275 g/mol. The first kappa shape index (κ1) is 11.9. The van der Waals surface area contributed by atoms with Crippen LogP contribution >= 0.6 is 0 Å². The Balaban J connectivity index is 1.91. The minimum atomic E-state index is -0.452. The average molecular weight is 275 g/mol. The number of fused-ring (bicyclic) bond motifs is 3. The number of hydrogen-bond acceptors (Lipinski definition) is 3. The van der Waals surface area contributed by atoms with Gasteiger partial charge < -0.3 is 10.6 Å². The van der Waals surface area contributed by atoms with Crippen molar-refractivity contribution in [2.45, 2.75) is 6.54 Å². The van der Waals surface area contributed by atoms with E-state index in [-0.39, 0.29) is 0 Å². The smallest absolute Gasteiger partial charge is 0.252 e. The molecule has 2 N–H and O–H groups in total. The van der Waals surface area contributed by atoms with E-state index in [9.17, 15) is 4.79 Å². The molecule has 0 bridgehead atoms. The summed E-state index contributed by atoms with van der Waals surface area (Å²) in [6, 6.07) is 12.4. The van der Waals surface area contributed by atoms with Crippen LogP contribution in [-0.4, -0.2) is 16.6 Å². The Labute approximate surface area is 121 Å². The standard InChI is InChI=1S/C17H13N3O/c18-16(21)14-6-3-7-20-10-13-8-11-4-1-2-5-12(11)9-15(13)19-17(14)20/h1-9H,10H2,(H2,18,21). The van der Waals surface area contributed by atoms with Gasteiger partial charge in [0, 0.05) is 6.20 Å². The number of aliphatic imine (C=N–C) groups is 1. The van der Waals surface area contributed by atoms with Crippen LogP contribution in [0.5, 0.6) is 0 Å². The van der Waals surface area contributed by atoms with Gasteiger partial charge >= 0.3 is 0 Å². The number of nitrogens with zero attached hydrogens (tertiary/aromatic N) is 2. The molecule has 0 saturated carbocycles. The van der Waals surface area contributed by atoms with Gasteiger partial charge in [-0.2, -0.15) is 0 Å². The molecule has 4 rings (SSSR count). The number of carbonyl (C=O) groups is 1. The molecular formula is C17H13N3O. The highest BCUT2D eigenvalue weighted by Crippen LogP contribution is 2.33. The summed E-state index contributed by atoms with van der Waals surface area (Å²) in [7, 11) is 0. The number of benzene rings is 2. The minimum Gasteiger partial charge on any atom is -0.365 e. The molecule has 0 atom stereocenters. The van der Waals surface area contributed by atoms with Gasteiger partial charge in [-0.05, 0) is 40.6 Å². The van der Waals surface area contributed by atoms with Crippen LogP contribution in [-0.2, 0) is 11.3 Å². The van der Waals surface area contributed by atoms with Gasteiger partial charge in [0.05, 0.1) is 17.8 Å². The average Bonchev–Trinajstić information content (AvgIpc) is 2.50. The van der Waals surface area contributed by atoms with Crippen LogP contribution in [0.3, 0.4) is 0 Å². The Hall–Kier alpha value is -2.88. The summed E-state index contributed by atoms with van der Waals surface area (Å²) < 4.78 is 0. The van der Waals surface area contributed by atoms with Gasteiger partial charge in [-0.1, -0.05) is 24.3 Å². The van der Waals surface area contributed by atoms with Crippen LogP contribution < -0.4 is 5.73 Å². The molecule has 0 aliphatic carbocycles. The molecular weight excluding hydrogens is 262 g/mol. The second-order valence-electron chi connectivity index (χ2n) is 5.18. The lowest BCUT2D eigenvalue weighted by Crippen LogP contribution is -2.35. The first-order valence-electron chi connectivity index (χ1n) is 6.78. The number of amides is 1. The molecule has 2 aliphatic heterocycles. The summed E-state index contributed by atoms with van der Waals surface area (Å²) in [5, 5.41) is 2.34. The van der Waals surface area contributed by atoms with Crippen LogP contribution in [0.25, 0.3) is 10.8 Å². The fraction of sp³-hybridized carbons (Fsp3) is 0.0588. The maximum atomic E-state index is 11.5. The lowest BCUT2D eigenvalue weighted by molar-refractivity contribution is -0.114. The molecule has 0 unspecified atom stereocenters. The minimum absolute atomic E-state index is 0.452. The van der Waals surface area contributed by atoms with Gasteiger partial charge in [-0.25, -0.2) is 4.99 Å². The Morgan fingerprint density at radius 1 is 1.19 bits per heavy atom. The molecule has 21 heavy (non-hydrogen) atoms. The molecule has 0 radical (unpaired) electrons. The zero-order valence-electron chi connectivity index (χ0n) is 11.3. The van der Waals surface area contributed by atoms with Gasteiger partial charge in [-0.15, -0.1) is 0 Å². The van der Waals surface area contributed by atoms with Gasteiger partial charge in [0.1, 0.15) is 5.84 Å². The van der Waals surface area contributed by atoms with Gasteiger partial charge in [0.15, 0.2) is 0 Å². The third kappa shape index (κ3) is 1.84. The normalized spacial score (nSPS) is 16.1. The number of amidine groups is 1. The number of rotatable bonds is 1. The van der Waals surface area contributed by atoms with E-state index in [4.69, 9.17) is 5.73 Å². The zero-order valence-corrected chi connectivity index (χ0v) is 11.3. The molecule has 0 aromatic heterocycles. The van der Waals surface area contributed by atoms with E-state index < -0.39 is 5.91 Å². The highest BCUT2D eigenvalue weighted by atomic mass is 16.1. The topological polar surface area (TPSA) is 58.7 Å². The van der Waals surface area contributed by atoms with Crippen LogP contribution in [0.15, 0.2) is 65.3 Å². The summed E-state index contributed by atoms with van der Waals surface area (Å²) in [6.07, 6.45) is 5.46. The highest BCUT2D eigenvalue weighted by molar-refractivity contribution is 6.22. The highest BCUT2D eigenvalue weighted by Gasteiger charge is 2.25. The van der Waals surface area contributed by atoms with Crippen molar-refractivity contribution in [2.75, 3.05) is 0 Å². The van der Waals surface area contributed by atoms with Crippen LogP contribution in [0.1, 0.15) is 5.56 Å². The van der Waals surface area contributed by atoms with E-state index in [1.807, 2.05) is 29.3 Å². The molecule has 0 fully saturated rings. The molecule has 4 heteroatoms. The summed E-state index contributed by atoms with van der Waals surface area (Å²) in [5.74, 6) is 0.181. The summed E-state index contributed by atoms with van der Waals surface area (Å²) in [4.78, 5) is 18.1. The quantitative estimate of drug-likeness (QED) is 0.869. The SMILES string of the molecule is NC(=O)C1=CC=CN2Cc3cc4ccccc4cc3N=C12. The molecule has 2 heterocycles. The van der Waals surface area contributed by atoms with Crippen molar-refractivity contribution >= 4 is 28.2 Å². The molecule has 2 aromatic rings. The molecule has 0 saturated heterocycles. The Bertz CT molecular complexity index is 861. The first-order valence-corrected chi connectivity index (χ1v) is 6.78. The van der Waals surface area contributed by atoms with Crippen molar-refractivity contribution in [1.82, 2.24) is 4.90 Å². The Kier molecular flexibility index (Phi) is 2.44. The van der Waals surface area contributed by atoms with Gasteiger partial charge in [0.2, 0.25) is 0 Å². The van der Waals surface area contributed by atoms with Crippen molar-refractivity contribution in [3.8, 4) is 0 Å². The van der Waals surface area contributed by atoms with Crippen molar-refractivity contribution in [2.24, 2.45) is 10.7 Å². The molecule has 2 aromatic carbocycles. The molecule has 1 amide bonds. The third-order valence-corrected chi connectivity index (χ3v) is 3.82. The second-order valence-corrected chi connectivity index (χ2v) is 5.18. The number of allylic oxidation sites excluding steroid dienone is 2. The fourth-order valence-electron chi connectivity index (χ4n) is 2.79. The predicted octanol–water partition coefficient (Wildman–Crippen LogP) is 2.62. The Morgan fingerprint density at radius 3 is 2.71 bits per heavy atom. The van der Waals surface area contributed by atoms with E-state index in [1.165, 1.54) is 5.39 Å². The summed E-state index contributed by atoms with van der Waals surface area (Å²) in [5.41, 5.74) is 7.94. The van der Waals surface area contributed by atoms with Crippen molar-refractivity contribution in [3.05, 3.63) is 65.9 Å². The number of primary amides is 1. The largest absolute Gasteiger partial charge is 0.365 e. The van der Waals surface area contributed by atoms with Crippen molar-refractivity contribution in [3.63, 3.8) is 0 Å². The summed E-state index contributed by atoms with van der Waals surface area (Å²) >= 11 is 0. The molecule has 0 spiro atoms. The number of hydrogen-bond donors (Lipinski definition) is 1. The predicted molar refractivity (Wildman–Crippen MR) is 83.0 cm³/mol. The van der Waals surface area contributed by atoms with Gasteiger partial charge in [0.25, 0.3) is 5.91 Å². The van der Waals surface area contributed by atoms with Crippen molar-refractivity contribution in [1.29, 1.82) is 0 Å². The van der Waals surface area contributed by atoms with Crippen molar-refractivity contribution < 1.29 is 4.79 Å². The third-order valence-electron chi connectivity index (χ3n) is 3.82. The maximum Gasteiger partial charge on any atom is 0.252 e. The lowest BCUT2D eigenvalue weighted by Gasteiger charge is -2.30. The van der Waals surface area contributed by atoms with Gasteiger partial charge in [-0.3, -0.25) is 4.79 Å². The first-order chi connectivity index (χ1) is 10.2. The van der Waals surface area contributed by atoms with E-state index in [0.717, 1.165) is 16.6 Å². The Morgan fingerprint density at radius 2 is 1.95 bits per heavy atom.